The number of carbonyl (C=O) groups excluding carboxylic acids is 1. The van der Waals surface area contributed by atoms with Gasteiger partial charge in [0.2, 0.25) is 0 Å². The van der Waals surface area contributed by atoms with Crippen LogP contribution in [0.1, 0.15) is 96.3 Å². The first-order valence-corrected chi connectivity index (χ1v) is 16.5. The summed E-state index contributed by atoms with van der Waals surface area (Å²) in [5, 5.41) is 10.4. The number of hydrogen-bond acceptors (Lipinski definition) is 5. The van der Waals surface area contributed by atoms with Crippen LogP contribution in [0.2, 0.25) is 0 Å². The lowest BCUT2D eigenvalue weighted by Gasteiger charge is -2.63. The van der Waals surface area contributed by atoms with Gasteiger partial charge in [0.15, 0.2) is 5.79 Å². The van der Waals surface area contributed by atoms with Crippen molar-refractivity contribution in [3.8, 4) is 0 Å². The van der Waals surface area contributed by atoms with Crippen molar-refractivity contribution in [2.45, 2.75) is 104 Å². The van der Waals surface area contributed by atoms with Crippen molar-refractivity contribution in [2.24, 2.45) is 52.3 Å². The molecule has 5 fully saturated rings. The van der Waals surface area contributed by atoms with Gasteiger partial charge < -0.3 is 19.3 Å². The van der Waals surface area contributed by atoms with Crippen LogP contribution in [0.5, 0.6) is 0 Å². The van der Waals surface area contributed by atoms with E-state index in [0.717, 1.165) is 25.7 Å². The van der Waals surface area contributed by atoms with Crippen molar-refractivity contribution in [1.29, 1.82) is 0 Å². The number of benzene rings is 1. The molecule has 0 radical (unpaired) electrons. The molecule has 226 valence electrons. The van der Waals surface area contributed by atoms with Gasteiger partial charge in [0.05, 0.1) is 24.9 Å². The Morgan fingerprint density at radius 1 is 0.951 bits per heavy atom. The number of ether oxygens (including phenoxy) is 3. The number of aliphatic hydroxyl groups is 1. The minimum absolute atomic E-state index is 0.0840. The van der Waals surface area contributed by atoms with E-state index in [2.05, 4.69) is 40.7 Å². The molecule has 8 unspecified atom stereocenters. The highest BCUT2D eigenvalue weighted by Crippen LogP contribution is 2.69. The molecule has 1 N–H and O–H groups in total. The van der Waals surface area contributed by atoms with Crippen LogP contribution < -0.4 is 0 Å². The summed E-state index contributed by atoms with van der Waals surface area (Å²) in [5.74, 6) is 2.49. The second kappa shape index (κ2) is 11.1. The second-order valence-electron chi connectivity index (χ2n) is 15.1. The lowest BCUT2D eigenvalue weighted by Crippen LogP contribution is -2.60. The summed E-state index contributed by atoms with van der Waals surface area (Å²) >= 11 is 0. The Labute approximate surface area is 247 Å². The van der Waals surface area contributed by atoms with E-state index in [-0.39, 0.29) is 28.8 Å². The molecular weight excluding hydrogens is 512 g/mol. The monoisotopic (exact) mass is 564 g/mol. The number of hydrogen-bond donors (Lipinski definition) is 1. The van der Waals surface area contributed by atoms with Gasteiger partial charge in [0.1, 0.15) is 6.10 Å². The first-order valence-electron chi connectivity index (χ1n) is 16.5. The number of aliphatic hydroxyl groups excluding tert-OH is 1. The third kappa shape index (κ3) is 5.12. The molecule has 0 amide bonds. The van der Waals surface area contributed by atoms with Gasteiger partial charge in [-0.05, 0) is 97.0 Å². The van der Waals surface area contributed by atoms with Crippen molar-refractivity contribution in [3.63, 3.8) is 0 Å². The summed E-state index contributed by atoms with van der Waals surface area (Å²) in [7, 11) is 0. The molecule has 5 heteroatoms. The van der Waals surface area contributed by atoms with E-state index in [1.165, 1.54) is 25.7 Å². The van der Waals surface area contributed by atoms with Gasteiger partial charge in [-0.25, -0.2) is 4.79 Å². The number of carbonyl (C=O) groups is 1. The molecule has 0 bridgehead atoms. The Bertz CT molecular complexity index is 1110. The predicted octanol–water partition coefficient (Wildman–Crippen LogP) is 7.43. The number of rotatable bonds is 6. The molecule has 1 aromatic rings. The molecule has 1 aromatic carbocycles. The van der Waals surface area contributed by atoms with E-state index in [1.807, 2.05) is 36.4 Å². The van der Waals surface area contributed by atoms with Crippen LogP contribution in [0.3, 0.4) is 0 Å². The zero-order valence-corrected chi connectivity index (χ0v) is 25.9. The average molecular weight is 565 g/mol. The number of allylic oxidation sites excluding steroid dienone is 1. The summed E-state index contributed by atoms with van der Waals surface area (Å²) in [6.45, 7) is 12.9. The summed E-state index contributed by atoms with van der Waals surface area (Å²) in [6, 6.07) is 9.53. The fourth-order valence-corrected chi connectivity index (χ4v) is 10.4. The van der Waals surface area contributed by atoms with E-state index >= 15 is 0 Å². The van der Waals surface area contributed by atoms with Crippen molar-refractivity contribution in [2.75, 3.05) is 13.2 Å². The Morgan fingerprint density at radius 2 is 1.66 bits per heavy atom. The van der Waals surface area contributed by atoms with Crippen molar-refractivity contribution in [1.82, 2.24) is 0 Å². The van der Waals surface area contributed by atoms with Crippen LogP contribution in [0, 0.1) is 52.3 Å². The Balaban J connectivity index is 1.30. The predicted molar refractivity (Wildman–Crippen MR) is 160 cm³/mol. The van der Waals surface area contributed by atoms with Gasteiger partial charge in [0, 0.05) is 18.8 Å². The maximum absolute atomic E-state index is 13.5. The third-order valence-electron chi connectivity index (χ3n) is 12.7. The first kappa shape index (κ1) is 29.4. The Kier molecular flexibility index (Phi) is 7.96. The Hall–Kier alpha value is -1.69. The molecule has 6 rings (SSSR count). The van der Waals surface area contributed by atoms with Crippen molar-refractivity contribution < 1.29 is 24.1 Å². The lowest BCUT2D eigenvalue weighted by molar-refractivity contribution is -0.242. The molecule has 1 aliphatic heterocycles. The van der Waals surface area contributed by atoms with Crippen molar-refractivity contribution >= 4 is 5.97 Å². The van der Waals surface area contributed by atoms with Crippen LogP contribution >= 0.6 is 0 Å². The fourth-order valence-electron chi connectivity index (χ4n) is 10.4. The summed E-state index contributed by atoms with van der Waals surface area (Å²) in [6.07, 6.45) is 12.6. The van der Waals surface area contributed by atoms with Crippen LogP contribution in [0.15, 0.2) is 42.5 Å². The van der Waals surface area contributed by atoms with Gasteiger partial charge in [-0.3, -0.25) is 0 Å². The quantitative estimate of drug-likeness (QED) is 0.287. The average Bonchev–Trinajstić information content (AvgIpc) is 3.56. The maximum Gasteiger partial charge on any atom is 0.338 e. The Morgan fingerprint density at radius 3 is 2.37 bits per heavy atom. The van der Waals surface area contributed by atoms with E-state index in [4.69, 9.17) is 14.2 Å². The highest BCUT2D eigenvalue weighted by molar-refractivity contribution is 5.89. The minimum atomic E-state index is -0.436. The zero-order valence-electron chi connectivity index (χ0n) is 25.9. The SMILES string of the molecule is CC(C)C(O)/C=C/C(C)C1CCC2C3C(CCC12C)C1(C)CCC2(C[C@@H]1C[C@H]3OC(=O)c1ccccc1)OCCO2. The van der Waals surface area contributed by atoms with E-state index < -0.39 is 11.9 Å². The lowest BCUT2D eigenvalue weighted by atomic mass is 9.43. The van der Waals surface area contributed by atoms with Gasteiger partial charge in [0.25, 0.3) is 0 Å². The van der Waals surface area contributed by atoms with Gasteiger partial charge >= 0.3 is 5.97 Å². The molecule has 4 saturated carbocycles. The molecular formula is C36H52O5. The molecule has 10 atom stereocenters. The molecule has 41 heavy (non-hydrogen) atoms. The molecule has 1 spiro atoms. The standard InChI is InChI=1S/C36H52O5/c1-23(2)30(37)14-11-24(3)27-12-13-28-32-29(15-16-35(27,28)5)34(4)17-18-36(39-19-20-40-36)22-26(34)21-31(32)41-33(38)25-9-7-6-8-10-25/h6-11,14,23-24,26-32,37H,12-13,15-22H2,1-5H3/b14-11+/t24?,26-,27?,28?,29?,30?,31+,32?,34?,35?/m0/s1. The highest BCUT2D eigenvalue weighted by atomic mass is 16.7. The fraction of sp³-hybridized carbons (Fsp3) is 0.750. The van der Waals surface area contributed by atoms with E-state index in [0.29, 0.717) is 54.3 Å². The number of esters is 1. The molecule has 1 saturated heterocycles. The largest absolute Gasteiger partial charge is 0.458 e. The van der Waals surface area contributed by atoms with Gasteiger partial charge in [-0.15, -0.1) is 0 Å². The molecule has 4 aliphatic carbocycles. The van der Waals surface area contributed by atoms with E-state index in [1.54, 1.807) is 0 Å². The maximum atomic E-state index is 13.5. The topological polar surface area (TPSA) is 65.0 Å². The van der Waals surface area contributed by atoms with Crippen LogP contribution in [-0.4, -0.2) is 42.3 Å². The van der Waals surface area contributed by atoms with E-state index in [9.17, 15) is 9.90 Å². The van der Waals surface area contributed by atoms with Crippen LogP contribution in [-0.2, 0) is 14.2 Å². The smallest absolute Gasteiger partial charge is 0.338 e. The normalized spacial score (nSPS) is 41.1. The second-order valence-corrected chi connectivity index (χ2v) is 15.1. The molecule has 1 heterocycles. The molecule has 5 nitrogen and oxygen atoms in total. The zero-order chi connectivity index (χ0) is 29.0. The highest BCUT2D eigenvalue weighted by Gasteiger charge is 2.65. The van der Waals surface area contributed by atoms with Crippen molar-refractivity contribution in [3.05, 3.63) is 48.0 Å². The molecule has 0 aromatic heterocycles. The van der Waals surface area contributed by atoms with Gasteiger partial charge in [-0.1, -0.05) is 65.0 Å². The minimum Gasteiger partial charge on any atom is -0.458 e. The third-order valence-corrected chi connectivity index (χ3v) is 12.7. The first-order chi connectivity index (χ1) is 19.6. The number of fused-ring (bicyclic) bond motifs is 5. The summed E-state index contributed by atoms with van der Waals surface area (Å²) < 4.78 is 19.0. The van der Waals surface area contributed by atoms with Gasteiger partial charge in [-0.2, -0.15) is 0 Å². The summed E-state index contributed by atoms with van der Waals surface area (Å²) in [4.78, 5) is 13.5. The summed E-state index contributed by atoms with van der Waals surface area (Å²) in [5.41, 5.74) is 1.07. The van der Waals surface area contributed by atoms with Crippen LogP contribution in [0.25, 0.3) is 0 Å². The van der Waals surface area contributed by atoms with Crippen LogP contribution in [0.4, 0.5) is 0 Å². The molecule has 5 aliphatic rings.